The van der Waals surface area contributed by atoms with Crippen molar-refractivity contribution in [2.75, 3.05) is 18.0 Å². The van der Waals surface area contributed by atoms with E-state index >= 15 is 0 Å². The van der Waals surface area contributed by atoms with E-state index in [0.29, 0.717) is 0 Å². The molecule has 1 fully saturated rings. The molecule has 3 unspecified atom stereocenters. The summed E-state index contributed by atoms with van der Waals surface area (Å²) in [6.45, 7) is 8.92. The lowest BCUT2D eigenvalue weighted by Crippen LogP contribution is -2.25. The van der Waals surface area contributed by atoms with Gasteiger partial charge in [0.1, 0.15) is 5.82 Å². The summed E-state index contributed by atoms with van der Waals surface area (Å²) in [6, 6.07) is 10.8. The van der Waals surface area contributed by atoms with Gasteiger partial charge in [0.05, 0.1) is 5.52 Å². The summed E-state index contributed by atoms with van der Waals surface area (Å²) in [5.74, 6) is 2.59. The minimum atomic E-state index is 0.157. The monoisotopic (exact) mass is 283 g/mol. The van der Waals surface area contributed by atoms with Gasteiger partial charge >= 0.3 is 0 Å². The lowest BCUT2D eigenvalue weighted by Gasteiger charge is -2.22. The molecule has 0 spiro atoms. The normalized spacial score (nSPS) is 23.7. The molecule has 3 rings (SSSR count). The Morgan fingerprint density at radius 2 is 1.90 bits per heavy atom. The predicted octanol–water partition coefficient (Wildman–Crippen LogP) is 3.22. The Bertz CT molecular complexity index is 625. The lowest BCUT2D eigenvalue weighted by atomic mass is 10.0. The van der Waals surface area contributed by atoms with Gasteiger partial charge in [-0.15, -0.1) is 0 Å². The van der Waals surface area contributed by atoms with Gasteiger partial charge in [-0.1, -0.05) is 32.0 Å². The second kappa shape index (κ2) is 5.64. The maximum atomic E-state index is 6.04. The van der Waals surface area contributed by atoms with Crippen molar-refractivity contribution >= 4 is 16.7 Å². The van der Waals surface area contributed by atoms with Crippen LogP contribution in [-0.4, -0.2) is 24.1 Å². The van der Waals surface area contributed by atoms with E-state index in [4.69, 9.17) is 10.7 Å². The molecule has 3 nitrogen and oxygen atoms in total. The van der Waals surface area contributed by atoms with E-state index in [2.05, 4.69) is 56.0 Å². The second-order valence-corrected chi connectivity index (χ2v) is 6.70. The van der Waals surface area contributed by atoms with E-state index in [1.165, 1.54) is 10.9 Å². The van der Waals surface area contributed by atoms with Gasteiger partial charge in [-0.25, -0.2) is 4.98 Å². The molecule has 0 radical (unpaired) electrons. The minimum Gasteiger partial charge on any atom is -0.356 e. The highest BCUT2D eigenvalue weighted by Gasteiger charge is 2.28. The summed E-state index contributed by atoms with van der Waals surface area (Å²) in [4.78, 5) is 7.39. The number of nitrogens with zero attached hydrogens (tertiary/aromatic N) is 2. The molecule has 0 aliphatic carbocycles. The molecule has 1 aromatic heterocycles. The Labute approximate surface area is 127 Å². The molecule has 2 N–H and O–H groups in total. The number of hydrogen-bond acceptors (Lipinski definition) is 3. The zero-order valence-electron chi connectivity index (χ0n) is 13.2. The van der Waals surface area contributed by atoms with Crippen molar-refractivity contribution in [1.29, 1.82) is 0 Å². The van der Waals surface area contributed by atoms with E-state index in [1.54, 1.807) is 0 Å². The molecule has 0 saturated carbocycles. The molecule has 1 aliphatic rings. The third-order valence-electron chi connectivity index (χ3n) is 4.61. The predicted molar refractivity (Wildman–Crippen MR) is 89.6 cm³/mol. The zero-order valence-corrected chi connectivity index (χ0v) is 13.2. The molecule has 21 heavy (non-hydrogen) atoms. The van der Waals surface area contributed by atoms with E-state index < -0.39 is 0 Å². The first-order valence-corrected chi connectivity index (χ1v) is 7.93. The Kier molecular flexibility index (Phi) is 3.85. The van der Waals surface area contributed by atoms with Gasteiger partial charge in [-0.05, 0) is 42.9 Å². The van der Waals surface area contributed by atoms with Crippen LogP contribution in [0.2, 0.25) is 0 Å². The second-order valence-electron chi connectivity index (χ2n) is 6.70. The molecule has 3 atom stereocenters. The van der Waals surface area contributed by atoms with Crippen LogP contribution in [0.4, 0.5) is 5.82 Å². The van der Waals surface area contributed by atoms with Crippen LogP contribution in [-0.2, 0) is 6.42 Å². The maximum absolute atomic E-state index is 6.04. The number of nitrogens with two attached hydrogens (primary N) is 1. The Balaban J connectivity index is 2.05. The van der Waals surface area contributed by atoms with Gasteiger partial charge in [-0.3, -0.25) is 0 Å². The molecular formula is C18H25N3. The van der Waals surface area contributed by atoms with Crippen molar-refractivity contribution in [3.05, 3.63) is 35.9 Å². The van der Waals surface area contributed by atoms with Crippen LogP contribution in [0.3, 0.4) is 0 Å². The Morgan fingerprint density at radius 3 is 2.57 bits per heavy atom. The number of rotatable bonds is 3. The first-order valence-electron chi connectivity index (χ1n) is 7.93. The molecule has 1 aromatic carbocycles. The summed E-state index contributed by atoms with van der Waals surface area (Å²) >= 11 is 0. The number of pyridine rings is 1. The SMILES string of the molecule is CC(N)Cc1cc2ccccc2nc1N1CC(C)C(C)C1. The van der Waals surface area contributed by atoms with Crippen LogP contribution in [0.25, 0.3) is 10.9 Å². The number of benzene rings is 1. The third kappa shape index (κ3) is 2.88. The third-order valence-corrected chi connectivity index (χ3v) is 4.61. The molecule has 1 saturated heterocycles. The Hall–Kier alpha value is -1.61. The van der Waals surface area contributed by atoms with Crippen molar-refractivity contribution in [1.82, 2.24) is 4.98 Å². The molecule has 112 valence electrons. The highest BCUT2D eigenvalue weighted by molar-refractivity contribution is 5.82. The topological polar surface area (TPSA) is 42.1 Å². The first kappa shape index (κ1) is 14.3. The van der Waals surface area contributed by atoms with Gasteiger partial charge in [0.25, 0.3) is 0 Å². The average Bonchev–Trinajstić information content (AvgIpc) is 2.77. The smallest absolute Gasteiger partial charge is 0.132 e. The fraction of sp³-hybridized carbons (Fsp3) is 0.500. The van der Waals surface area contributed by atoms with E-state index in [0.717, 1.165) is 42.7 Å². The number of fused-ring (bicyclic) bond motifs is 1. The van der Waals surface area contributed by atoms with Crippen LogP contribution in [0.5, 0.6) is 0 Å². The first-order chi connectivity index (χ1) is 10.0. The zero-order chi connectivity index (χ0) is 15.0. The fourth-order valence-electron chi connectivity index (χ4n) is 3.22. The molecule has 0 bridgehead atoms. The van der Waals surface area contributed by atoms with Crippen molar-refractivity contribution in [2.45, 2.75) is 33.2 Å². The number of hydrogen-bond donors (Lipinski definition) is 1. The molecule has 2 aromatic rings. The standard InChI is InChI=1S/C18H25N3/c1-12-10-21(11-13(12)2)18-16(8-14(3)19)9-15-6-4-5-7-17(15)20-18/h4-7,9,12-14H,8,10-11,19H2,1-3H3. The lowest BCUT2D eigenvalue weighted by molar-refractivity contribution is 0.494. The van der Waals surface area contributed by atoms with Crippen molar-refractivity contribution in [2.24, 2.45) is 17.6 Å². The maximum Gasteiger partial charge on any atom is 0.132 e. The van der Waals surface area contributed by atoms with Gasteiger partial charge in [0.15, 0.2) is 0 Å². The Morgan fingerprint density at radius 1 is 1.24 bits per heavy atom. The molecule has 1 aliphatic heterocycles. The van der Waals surface area contributed by atoms with Crippen LogP contribution >= 0.6 is 0 Å². The summed E-state index contributed by atoms with van der Waals surface area (Å²) in [6.07, 6.45) is 0.881. The average molecular weight is 283 g/mol. The van der Waals surface area contributed by atoms with Crippen LogP contribution in [0.15, 0.2) is 30.3 Å². The van der Waals surface area contributed by atoms with E-state index in [1.807, 2.05) is 0 Å². The number of anilines is 1. The van der Waals surface area contributed by atoms with Gasteiger partial charge in [-0.2, -0.15) is 0 Å². The summed E-state index contributed by atoms with van der Waals surface area (Å²) < 4.78 is 0. The van der Waals surface area contributed by atoms with Gasteiger partial charge in [0, 0.05) is 24.5 Å². The minimum absolute atomic E-state index is 0.157. The number of aromatic nitrogens is 1. The van der Waals surface area contributed by atoms with Crippen molar-refractivity contribution in [3.63, 3.8) is 0 Å². The summed E-state index contributed by atoms with van der Waals surface area (Å²) in [7, 11) is 0. The van der Waals surface area contributed by atoms with Crippen molar-refractivity contribution < 1.29 is 0 Å². The van der Waals surface area contributed by atoms with Gasteiger partial charge < -0.3 is 10.6 Å². The quantitative estimate of drug-likeness (QED) is 0.940. The summed E-state index contributed by atoms with van der Waals surface area (Å²) in [5, 5.41) is 1.21. The van der Waals surface area contributed by atoms with Crippen LogP contribution in [0, 0.1) is 11.8 Å². The summed E-state index contributed by atoms with van der Waals surface area (Å²) in [5.41, 5.74) is 8.40. The number of para-hydroxylation sites is 1. The largest absolute Gasteiger partial charge is 0.356 e. The molecule has 0 amide bonds. The molecule has 3 heteroatoms. The van der Waals surface area contributed by atoms with E-state index in [9.17, 15) is 0 Å². The van der Waals surface area contributed by atoms with Gasteiger partial charge in [0.2, 0.25) is 0 Å². The molecule has 2 heterocycles. The molecular weight excluding hydrogens is 258 g/mol. The fourth-order valence-corrected chi connectivity index (χ4v) is 3.22. The van der Waals surface area contributed by atoms with Crippen LogP contribution in [0.1, 0.15) is 26.3 Å². The van der Waals surface area contributed by atoms with Crippen LogP contribution < -0.4 is 10.6 Å². The highest BCUT2D eigenvalue weighted by atomic mass is 15.2. The highest BCUT2D eigenvalue weighted by Crippen LogP contribution is 2.31. The van der Waals surface area contributed by atoms with Crippen molar-refractivity contribution in [3.8, 4) is 0 Å². The van der Waals surface area contributed by atoms with E-state index in [-0.39, 0.29) is 6.04 Å².